The zero-order valence-corrected chi connectivity index (χ0v) is 13.6. The molecule has 1 fully saturated rings. The first-order valence-electron chi connectivity index (χ1n) is 8.33. The first-order chi connectivity index (χ1) is 11.1. The number of nitrogens with one attached hydrogen (secondary N) is 1. The molecule has 1 aromatic heterocycles. The van der Waals surface area contributed by atoms with Gasteiger partial charge in [-0.25, -0.2) is 4.39 Å². The van der Waals surface area contributed by atoms with Crippen molar-refractivity contribution in [3.63, 3.8) is 0 Å². The molecule has 0 bridgehead atoms. The Hall–Kier alpha value is -1.72. The molecule has 2 heterocycles. The van der Waals surface area contributed by atoms with Crippen LogP contribution in [0.5, 0.6) is 0 Å². The molecule has 1 aliphatic rings. The van der Waals surface area contributed by atoms with E-state index in [1.807, 2.05) is 13.0 Å². The van der Waals surface area contributed by atoms with Crippen molar-refractivity contribution in [2.24, 2.45) is 0 Å². The molecule has 5 heteroatoms. The molecule has 0 saturated carbocycles. The van der Waals surface area contributed by atoms with Crippen LogP contribution in [0.1, 0.15) is 25.0 Å². The van der Waals surface area contributed by atoms with E-state index in [4.69, 9.17) is 0 Å². The van der Waals surface area contributed by atoms with Crippen molar-refractivity contribution in [2.75, 3.05) is 31.5 Å². The maximum Gasteiger partial charge on any atom is 0.124 e. The Bertz CT molecular complexity index is 677. The third-order valence-corrected chi connectivity index (χ3v) is 4.35. The molecular formula is C18H24FN3O. The van der Waals surface area contributed by atoms with Crippen LogP contribution in [-0.2, 0) is 0 Å². The zero-order chi connectivity index (χ0) is 16.2. The molecule has 2 N–H and O–H groups in total. The number of fused-ring (bicyclic) bond motifs is 1. The third kappa shape index (κ3) is 4.18. The van der Waals surface area contributed by atoms with Crippen molar-refractivity contribution in [1.82, 2.24) is 9.88 Å². The Labute approximate surface area is 136 Å². The number of anilines is 1. The van der Waals surface area contributed by atoms with Gasteiger partial charge < -0.3 is 15.3 Å². The van der Waals surface area contributed by atoms with Gasteiger partial charge in [0.1, 0.15) is 5.82 Å². The van der Waals surface area contributed by atoms with E-state index in [0.29, 0.717) is 0 Å². The smallest absolute Gasteiger partial charge is 0.124 e. The number of halogens is 1. The summed E-state index contributed by atoms with van der Waals surface area (Å²) in [7, 11) is 0. The summed E-state index contributed by atoms with van der Waals surface area (Å²) in [4.78, 5) is 6.76. The number of benzene rings is 1. The van der Waals surface area contributed by atoms with Gasteiger partial charge in [0.15, 0.2) is 0 Å². The second kappa shape index (κ2) is 7.23. The lowest BCUT2D eigenvalue weighted by Crippen LogP contribution is -2.39. The lowest BCUT2D eigenvalue weighted by molar-refractivity contribution is 0.0706. The van der Waals surface area contributed by atoms with Crippen molar-refractivity contribution in [1.29, 1.82) is 0 Å². The van der Waals surface area contributed by atoms with Gasteiger partial charge in [-0.2, -0.15) is 0 Å². The number of rotatable bonds is 5. The highest BCUT2D eigenvalue weighted by molar-refractivity contribution is 5.91. The molecule has 1 atom stereocenters. The Morgan fingerprint density at radius 2 is 2.26 bits per heavy atom. The number of aliphatic hydroxyl groups excluding tert-OH is 1. The third-order valence-electron chi connectivity index (χ3n) is 4.35. The van der Waals surface area contributed by atoms with Gasteiger partial charge in [-0.1, -0.05) is 0 Å². The largest absolute Gasteiger partial charge is 0.392 e. The Morgan fingerprint density at radius 1 is 1.39 bits per heavy atom. The number of nitrogens with zero attached hydrogens (tertiary/aromatic N) is 2. The predicted octanol–water partition coefficient (Wildman–Crippen LogP) is 2.94. The summed E-state index contributed by atoms with van der Waals surface area (Å²) in [5.74, 6) is -0.242. The van der Waals surface area contributed by atoms with Gasteiger partial charge in [0.2, 0.25) is 0 Å². The van der Waals surface area contributed by atoms with E-state index >= 15 is 0 Å². The van der Waals surface area contributed by atoms with Crippen LogP contribution in [0, 0.1) is 12.7 Å². The van der Waals surface area contributed by atoms with Crippen LogP contribution in [-0.4, -0.2) is 47.3 Å². The number of aliphatic hydroxyl groups is 1. The minimum absolute atomic E-state index is 0.175. The number of hydrogen-bond donors (Lipinski definition) is 2. The van der Waals surface area contributed by atoms with E-state index in [9.17, 15) is 9.50 Å². The highest BCUT2D eigenvalue weighted by Crippen LogP contribution is 2.24. The maximum absolute atomic E-state index is 13.5. The minimum Gasteiger partial charge on any atom is -0.392 e. The SMILES string of the molecule is Cc1cc(NCCCN2CCCC(O)C2)c2cc(F)ccc2n1. The molecule has 1 aromatic carbocycles. The number of pyridine rings is 1. The summed E-state index contributed by atoms with van der Waals surface area (Å²) in [6, 6.07) is 6.66. The number of β-amino-alcohol motifs (C(OH)–C–C–N with tert-alkyl or cyclic N) is 1. The normalized spacial score (nSPS) is 19.2. The Morgan fingerprint density at radius 3 is 3.09 bits per heavy atom. The monoisotopic (exact) mass is 317 g/mol. The lowest BCUT2D eigenvalue weighted by atomic mass is 10.1. The first kappa shape index (κ1) is 16.1. The second-order valence-corrected chi connectivity index (χ2v) is 6.35. The number of piperidine rings is 1. The highest BCUT2D eigenvalue weighted by atomic mass is 19.1. The minimum atomic E-state index is -0.242. The molecule has 0 spiro atoms. The summed E-state index contributed by atoms with van der Waals surface area (Å²) in [5.41, 5.74) is 2.67. The maximum atomic E-state index is 13.5. The van der Waals surface area contributed by atoms with Crippen LogP contribution < -0.4 is 5.32 Å². The number of aryl methyl sites for hydroxylation is 1. The first-order valence-corrected chi connectivity index (χ1v) is 8.33. The summed E-state index contributed by atoms with van der Waals surface area (Å²) >= 11 is 0. The van der Waals surface area contributed by atoms with Gasteiger partial charge in [-0.3, -0.25) is 4.98 Å². The van der Waals surface area contributed by atoms with E-state index < -0.39 is 0 Å². The second-order valence-electron chi connectivity index (χ2n) is 6.35. The Balaban J connectivity index is 1.59. The van der Waals surface area contributed by atoms with E-state index in [-0.39, 0.29) is 11.9 Å². The molecule has 0 radical (unpaired) electrons. The quantitative estimate of drug-likeness (QED) is 0.833. The molecule has 4 nitrogen and oxygen atoms in total. The van der Waals surface area contributed by atoms with Gasteiger partial charge in [-0.05, 0) is 63.5 Å². The van der Waals surface area contributed by atoms with Crippen molar-refractivity contribution in [3.05, 3.63) is 35.8 Å². The van der Waals surface area contributed by atoms with Gasteiger partial charge in [-0.15, -0.1) is 0 Å². The number of hydrogen-bond acceptors (Lipinski definition) is 4. The highest BCUT2D eigenvalue weighted by Gasteiger charge is 2.16. The van der Waals surface area contributed by atoms with Crippen molar-refractivity contribution in [3.8, 4) is 0 Å². The van der Waals surface area contributed by atoms with E-state index in [0.717, 1.165) is 67.7 Å². The molecule has 2 aromatic rings. The van der Waals surface area contributed by atoms with Crippen LogP contribution in [0.4, 0.5) is 10.1 Å². The van der Waals surface area contributed by atoms with Gasteiger partial charge in [0.25, 0.3) is 0 Å². The predicted molar refractivity (Wildman–Crippen MR) is 91.2 cm³/mol. The van der Waals surface area contributed by atoms with Crippen LogP contribution in [0.3, 0.4) is 0 Å². The molecule has 1 saturated heterocycles. The molecule has 0 aliphatic carbocycles. The molecule has 124 valence electrons. The summed E-state index contributed by atoms with van der Waals surface area (Å²) in [6.45, 7) is 5.59. The van der Waals surface area contributed by atoms with E-state index in [2.05, 4.69) is 15.2 Å². The molecule has 23 heavy (non-hydrogen) atoms. The molecule has 1 aliphatic heterocycles. The molecule has 1 unspecified atom stereocenters. The number of likely N-dealkylation sites (tertiary alicyclic amines) is 1. The van der Waals surface area contributed by atoms with Gasteiger partial charge >= 0.3 is 0 Å². The summed E-state index contributed by atoms with van der Waals surface area (Å²) < 4.78 is 13.5. The Kier molecular flexibility index (Phi) is 5.08. The molecule has 3 rings (SSSR count). The standard InChI is InChI=1S/C18H24FN3O/c1-13-10-18(16-11-14(19)5-6-17(16)21-13)20-7-3-9-22-8-2-4-15(23)12-22/h5-6,10-11,15,23H,2-4,7-9,12H2,1H3,(H,20,21). The molecule has 0 amide bonds. The van der Waals surface area contributed by atoms with Crippen molar-refractivity contribution in [2.45, 2.75) is 32.3 Å². The van der Waals surface area contributed by atoms with E-state index in [1.165, 1.54) is 12.1 Å². The zero-order valence-electron chi connectivity index (χ0n) is 13.6. The fraction of sp³-hybridized carbons (Fsp3) is 0.500. The van der Waals surface area contributed by atoms with Crippen LogP contribution in [0.15, 0.2) is 24.3 Å². The van der Waals surface area contributed by atoms with Crippen molar-refractivity contribution >= 4 is 16.6 Å². The summed E-state index contributed by atoms with van der Waals surface area (Å²) in [5, 5.41) is 13.9. The van der Waals surface area contributed by atoms with Crippen LogP contribution >= 0.6 is 0 Å². The summed E-state index contributed by atoms with van der Waals surface area (Å²) in [6.07, 6.45) is 2.81. The lowest BCUT2D eigenvalue weighted by Gasteiger charge is -2.29. The van der Waals surface area contributed by atoms with Crippen molar-refractivity contribution < 1.29 is 9.50 Å². The fourth-order valence-electron chi connectivity index (χ4n) is 3.24. The van der Waals surface area contributed by atoms with Crippen LogP contribution in [0.2, 0.25) is 0 Å². The number of aromatic nitrogens is 1. The topological polar surface area (TPSA) is 48.4 Å². The average Bonchev–Trinajstić information content (AvgIpc) is 2.52. The fourth-order valence-corrected chi connectivity index (χ4v) is 3.24. The van der Waals surface area contributed by atoms with Crippen LogP contribution in [0.25, 0.3) is 10.9 Å². The molecular weight excluding hydrogens is 293 g/mol. The average molecular weight is 317 g/mol. The van der Waals surface area contributed by atoms with E-state index in [1.54, 1.807) is 6.07 Å². The van der Waals surface area contributed by atoms with Gasteiger partial charge in [0.05, 0.1) is 11.6 Å². The van der Waals surface area contributed by atoms with Gasteiger partial charge in [0, 0.05) is 29.9 Å².